The summed E-state index contributed by atoms with van der Waals surface area (Å²) in [5.74, 6) is 5.53. The van der Waals surface area contributed by atoms with Crippen molar-refractivity contribution in [2.75, 3.05) is 13.1 Å². The van der Waals surface area contributed by atoms with Gasteiger partial charge in [-0.2, -0.15) is 0 Å². The zero-order chi connectivity index (χ0) is 14.6. The summed E-state index contributed by atoms with van der Waals surface area (Å²) in [5.41, 5.74) is 4.63. The van der Waals surface area contributed by atoms with Crippen LogP contribution in [0.4, 0.5) is 4.39 Å². The number of likely N-dealkylation sites (N-methyl/N-ethyl adjacent to an activating group) is 1. The number of benzene rings is 1. The molecule has 1 aromatic rings. The second-order valence-corrected chi connectivity index (χ2v) is 5.43. The van der Waals surface area contributed by atoms with E-state index in [0.717, 1.165) is 24.2 Å². The minimum absolute atomic E-state index is 0.122. The number of hydrogen-bond acceptors (Lipinski definition) is 3. The summed E-state index contributed by atoms with van der Waals surface area (Å²) in [5, 5.41) is 0. The zero-order valence-electron chi connectivity index (χ0n) is 12.6. The van der Waals surface area contributed by atoms with E-state index in [2.05, 4.69) is 38.0 Å². The lowest BCUT2D eigenvalue weighted by Gasteiger charge is -2.43. The van der Waals surface area contributed by atoms with Crippen molar-refractivity contribution in [3.05, 3.63) is 35.1 Å². The van der Waals surface area contributed by atoms with Crippen LogP contribution in [0, 0.1) is 12.7 Å². The molecular weight excluding hydrogens is 241 g/mol. The summed E-state index contributed by atoms with van der Waals surface area (Å²) in [6.07, 6.45) is 0. The molecule has 0 radical (unpaired) electrons. The molecule has 1 aromatic carbocycles. The standard InChI is InChI=1S/C15H26FN3/c1-6-19(7-2)15(4,5)14(18-17)13-10-12(16)9-8-11(13)3/h8-10,14,18H,6-7,17H2,1-5H3. The molecule has 0 aliphatic heterocycles. The molecule has 3 nitrogen and oxygen atoms in total. The fourth-order valence-corrected chi connectivity index (χ4v) is 2.82. The van der Waals surface area contributed by atoms with Gasteiger partial charge >= 0.3 is 0 Å². The van der Waals surface area contributed by atoms with Crippen LogP contribution in [-0.2, 0) is 0 Å². The molecular formula is C15H26FN3. The van der Waals surface area contributed by atoms with E-state index < -0.39 is 0 Å². The maximum atomic E-state index is 13.5. The van der Waals surface area contributed by atoms with Crippen LogP contribution < -0.4 is 11.3 Å². The van der Waals surface area contributed by atoms with Gasteiger partial charge in [0.15, 0.2) is 0 Å². The highest BCUT2D eigenvalue weighted by Gasteiger charge is 2.35. The molecule has 19 heavy (non-hydrogen) atoms. The minimum Gasteiger partial charge on any atom is -0.297 e. The molecule has 0 aliphatic rings. The molecule has 0 amide bonds. The second kappa shape index (κ2) is 6.46. The van der Waals surface area contributed by atoms with Crippen molar-refractivity contribution in [3.8, 4) is 0 Å². The summed E-state index contributed by atoms with van der Waals surface area (Å²) >= 11 is 0. The van der Waals surface area contributed by atoms with E-state index in [1.165, 1.54) is 6.07 Å². The van der Waals surface area contributed by atoms with Crippen molar-refractivity contribution in [2.24, 2.45) is 5.84 Å². The number of nitrogens with two attached hydrogens (primary N) is 1. The molecule has 0 saturated carbocycles. The molecule has 1 rings (SSSR count). The van der Waals surface area contributed by atoms with Crippen molar-refractivity contribution in [1.29, 1.82) is 0 Å². The summed E-state index contributed by atoms with van der Waals surface area (Å²) in [6, 6.07) is 4.73. The Morgan fingerprint density at radius 3 is 2.37 bits per heavy atom. The Morgan fingerprint density at radius 2 is 1.89 bits per heavy atom. The van der Waals surface area contributed by atoms with Gasteiger partial charge in [0.2, 0.25) is 0 Å². The molecule has 0 fully saturated rings. The highest BCUT2D eigenvalue weighted by Crippen LogP contribution is 2.32. The van der Waals surface area contributed by atoms with E-state index in [1.54, 1.807) is 12.1 Å². The van der Waals surface area contributed by atoms with Crippen LogP contribution in [0.25, 0.3) is 0 Å². The number of aryl methyl sites for hydroxylation is 1. The first-order chi connectivity index (χ1) is 8.88. The first-order valence-corrected chi connectivity index (χ1v) is 6.85. The van der Waals surface area contributed by atoms with Gasteiger partial charge < -0.3 is 0 Å². The molecule has 0 saturated heterocycles. The van der Waals surface area contributed by atoms with Gasteiger partial charge in [-0.25, -0.2) is 4.39 Å². The smallest absolute Gasteiger partial charge is 0.123 e. The number of nitrogens with one attached hydrogen (secondary N) is 1. The highest BCUT2D eigenvalue weighted by molar-refractivity contribution is 5.31. The van der Waals surface area contributed by atoms with Crippen LogP contribution >= 0.6 is 0 Å². The molecule has 0 bridgehead atoms. The zero-order valence-corrected chi connectivity index (χ0v) is 12.6. The topological polar surface area (TPSA) is 41.3 Å². The third-order valence-corrected chi connectivity index (χ3v) is 4.00. The quantitative estimate of drug-likeness (QED) is 0.615. The first-order valence-electron chi connectivity index (χ1n) is 6.85. The largest absolute Gasteiger partial charge is 0.297 e. The summed E-state index contributed by atoms with van der Waals surface area (Å²) in [7, 11) is 0. The normalized spacial score (nSPS) is 13.9. The van der Waals surface area contributed by atoms with E-state index in [-0.39, 0.29) is 17.4 Å². The van der Waals surface area contributed by atoms with Gasteiger partial charge in [0.1, 0.15) is 5.82 Å². The van der Waals surface area contributed by atoms with Crippen molar-refractivity contribution < 1.29 is 4.39 Å². The van der Waals surface area contributed by atoms with Crippen LogP contribution in [0.15, 0.2) is 18.2 Å². The van der Waals surface area contributed by atoms with Crippen LogP contribution in [0.2, 0.25) is 0 Å². The molecule has 0 spiro atoms. The maximum absolute atomic E-state index is 13.5. The second-order valence-electron chi connectivity index (χ2n) is 5.43. The monoisotopic (exact) mass is 267 g/mol. The van der Waals surface area contributed by atoms with Crippen molar-refractivity contribution in [3.63, 3.8) is 0 Å². The maximum Gasteiger partial charge on any atom is 0.123 e. The number of rotatable bonds is 6. The SMILES string of the molecule is CCN(CC)C(C)(C)C(NN)c1cc(F)ccc1C. The van der Waals surface area contributed by atoms with Crippen molar-refractivity contribution in [1.82, 2.24) is 10.3 Å². The molecule has 108 valence electrons. The summed E-state index contributed by atoms with van der Waals surface area (Å²) in [6.45, 7) is 12.3. The molecule has 1 unspecified atom stereocenters. The molecule has 0 aliphatic carbocycles. The Bertz CT molecular complexity index is 414. The van der Waals surface area contributed by atoms with Crippen LogP contribution in [-0.4, -0.2) is 23.5 Å². The number of hydrogen-bond donors (Lipinski definition) is 2. The molecule has 1 atom stereocenters. The van der Waals surface area contributed by atoms with Crippen LogP contribution in [0.5, 0.6) is 0 Å². The fourth-order valence-electron chi connectivity index (χ4n) is 2.82. The highest BCUT2D eigenvalue weighted by atomic mass is 19.1. The average molecular weight is 267 g/mol. The average Bonchev–Trinajstić information content (AvgIpc) is 2.35. The number of nitrogens with zero attached hydrogens (tertiary/aromatic N) is 1. The van der Waals surface area contributed by atoms with E-state index in [0.29, 0.717) is 0 Å². The van der Waals surface area contributed by atoms with Gasteiger partial charge in [0, 0.05) is 5.54 Å². The third kappa shape index (κ3) is 3.32. The Labute approximate surface area is 116 Å². The van der Waals surface area contributed by atoms with E-state index in [9.17, 15) is 4.39 Å². The molecule has 0 heterocycles. The lowest BCUT2D eigenvalue weighted by molar-refractivity contribution is 0.0909. The Morgan fingerprint density at radius 1 is 1.32 bits per heavy atom. The van der Waals surface area contributed by atoms with Gasteiger partial charge in [-0.05, 0) is 57.1 Å². The number of hydrazine groups is 1. The third-order valence-electron chi connectivity index (χ3n) is 4.00. The van der Waals surface area contributed by atoms with Gasteiger partial charge in [-0.1, -0.05) is 19.9 Å². The van der Waals surface area contributed by atoms with Crippen LogP contribution in [0.1, 0.15) is 44.9 Å². The predicted molar refractivity (Wildman–Crippen MR) is 78.2 cm³/mol. The molecule has 4 heteroatoms. The van der Waals surface area contributed by atoms with Gasteiger partial charge in [-0.3, -0.25) is 16.2 Å². The Kier molecular flexibility index (Phi) is 5.47. The molecule has 0 aromatic heterocycles. The molecule has 3 N–H and O–H groups in total. The van der Waals surface area contributed by atoms with E-state index >= 15 is 0 Å². The van der Waals surface area contributed by atoms with E-state index in [4.69, 9.17) is 5.84 Å². The fraction of sp³-hybridized carbons (Fsp3) is 0.600. The summed E-state index contributed by atoms with van der Waals surface area (Å²) in [4.78, 5) is 2.32. The lowest BCUT2D eigenvalue weighted by atomic mass is 9.85. The van der Waals surface area contributed by atoms with Gasteiger partial charge in [0.25, 0.3) is 0 Å². The number of halogens is 1. The van der Waals surface area contributed by atoms with Crippen molar-refractivity contribution >= 4 is 0 Å². The lowest BCUT2D eigenvalue weighted by Crippen LogP contribution is -2.54. The van der Waals surface area contributed by atoms with E-state index in [1.807, 2.05) is 6.92 Å². The summed E-state index contributed by atoms with van der Waals surface area (Å²) < 4.78 is 13.5. The minimum atomic E-state index is -0.226. The van der Waals surface area contributed by atoms with Gasteiger partial charge in [0.05, 0.1) is 6.04 Å². The first kappa shape index (κ1) is 16.1. The Balaban J connectivity index is 3.22. The van der Waals surface area contributed by atoms with Gasteiger partial charge in [-0.15, -0.1) is 0 Å². The van der Waals surface area contributed by atoms with Crippen molar-refractivity contribution in [2.45, 2.75) is 46.2 Å². The predicted octanol–water partition coefficient (Wildman–Crippen LogP) is 2.76. The van der Waals surface area contributed by atoms with Crippen LogP contribution in [0.3, 0.4) is 0 Å². The Hall–Kier alpha value is -0.970.